The van der Waals surface area contributed by atoms with Gasteiger partial charge in [0, 0.05) is 30.7 Å². The van der Waals surface area contributed by atoms with Crippen molar-refractivity contribution in [2.45, 2.75) is 20.3 Å². The van der Waals surface area contributed by atoms with Gasteiger partial charge in [-0.3, -0.25) is 0 Å². The van der Waals surface area contributed by atoms with Crippen LogP contribution in [0.2, 0.25) is 0 Å². The summed E-state index contributed by atoms with van der Waals surface area (Å²) >= 11 is 0. The Hall–Kier alpha value is -1.48. The number of fused-ring (bicyclic) bond motifs is 1. The topological polar surface area (TPSA) is 43.0 Å². The van der Waals surface area contributed by atoms with E-state index in [4.69, 9.17) is 5.73 Å². The fraction of sp³-hybridized carbons (Fsp3) is 0.467. The van der Waals surface area contributed by atoms with E-state index in [9.17, 15) is 0 Å². The van der Waals surface area contributed by atoms with Crippen molar-refractivity contribution in [1.29, 1.82) is 0 Å². The van der Waals surface area contributed by atoms with E-state index in [0.29, 0.717) is 0 Å². The molecule has 0 atom stereocenters. The molecule has 0 amide bonds. The number of rotatable bonds is 5. The molecule has 0 bridgehead atoms. The second kappa shape index (κ2) is 5.02. The summed E-state index contributed by atoms with van der Waals surface area (Å²) < 4.78 is 2.16. The molecule has 2 rings (SSSR count). The Morgan fingerprint density at radius 1 is 1.28 bits per heavy atom. The van der Waals surface area contributed by atoms with Gasteiger partial charge in [0.2, 0.25) is 0 Å². The van der Waals surface area contributed by atoms with Gasteiger partial charge in [0.25, 0.3) is 0 Å². The lowest BCUT2D eigenvalue weighted by atomic mass is 9.90. The molecule has 1 heterocycles. The molecular formula is C15H23N3. The first-order chi connectivity index (χ1) is 8.53. The molecule has 0 saturated heterocycles. The fourth-order valence-electron chi connectivity index (χ4n) is 2.12. The molecule has 3 nitrogen and oxygen atoms in total. The Kier molecular flexibility index (Phi) is 3.62. The summed E-state index contributed by atoms with van der Waals surface area (Å²) in [6, 6.07) is 8.46. The van der Waals surface area contributed by atoms with Gasteiger partial charge < -0.3 is 15.6 Å². The average molecular weight is 245 g/mol. The monoisotopic (exact) mass is 245 g/mol. The van der Waals surface area contributed by atoms with Crippen LogP contribution < -0.4 is 11.1 Å². The summed E-state index contributed by atoms with van der Waals surface area (Å²) in [4.78, 5) is 0. The van der Waals surface area contributed by atoms with E-state index in [2.05, 4.69) is 61.2 Å². The van der Waals surface area contributed by atoms with E-state index in [-0.39, 0.29) is 5.41 Å². The Labute approximate surface area is 109 Å². The lowest BCUT2D eigenvalue weighted by Gasteiger charge is -2.22. The van der Waals surface area contributed by atoms with Crippen LogP contribution in [0.3, 0.4) is 0 Å². The van der Waals surface area contributed by atoms with Crippen LogP contribution in [0.25, 0.3) is 10.9 Å². The van der Waals surface area contributed by atoms with Crippen molar-refractivity contribution in [3.63, 3.8) is 0 Å². The third kappa shape index (κ3) is 2.67. The summed E-state index contributed by atoms with van der Waals surface area (Å²) in [7, 11) is 2.08. The first kappa shape index (κ1) is 13.0. The van der Waals surface area contributed by atoms with Crippen LogP contribution in [0.15, 0.2) is 30.5 Å². The summed E-state index contributed by atoms with van der Waals surface area (Å²) in [5, 5.41) is 4.81. The molecule has 0 unspecified atom stereocenters. The molecule has 0 aliphatic carbocycles. The van der Waals surface area contributed by atoms with Crippen molar-refractivity contribution in [3.05, 3.63) is 30.5 Å². The van der Waals surface area contributed by atoms with Gasteiger partial charge >= 0.3 is 0 Å². The van der Waals surface area contributed by atoms with E-state index in [1.807, 2.05) is 0 Å². The fourth-order valence-corrected chi connectivity index (χ4v) is 2.12. The largest absolute Gasteiger partial charge is 0.383 e. The van der Waals surface area contributed by atoms with Gasteiger partial charge in [-0.2, -0.15) is 0 Å². The molecule has 0 saturated carbocycles. The Bertz CT molecular complexity index is 526. The molecule has 2 aromatic rings. The van der Waals surface area contributed by atoms with Crippen molar-refractivity contribution < 1.29 is 0 Å². The molecular weight excluding hydrogens is 222 g/mol. The highest BCUT2D eigenvalue weighted by Crippen LogP contribution is 2.25. The van der Waals surface area contributed by atoms with Crippen molar-refractivity contribution in [3.8, 4) is 0 Å². The number of hydrogen-bond acceptors (Lipinski definition) is 2. The Balaban J connectivity index is 2.09. The number of anilines is 1. The van der Waals surface area contributed by atoms with Gasteiger partial charge in [0.1, 0.15) is 0 Å². The maximum Gasteiger partial charge on any atom is 0.0599 e. The van der Waals surface area contributed by atoms with Crippen LogP contribution in [0.1, 0.15) is 20.3 Å². The van der Waals surface area contributed by atoms with E-state index in [1.165, 1.54) is 16.6 Å². The van der Waals surface area contributed by atoms with Gasteiger partial charge in [0.15, 0.2) is 0 Å². The Morgan fingerprint density at radius 2 is 2.00 bits per heavy atom. The van der Waals surface area contributed by atoms with Crippen molar-refractivity contribution in [2.75, 3.05) is 18.4 Å². The molecule has 3 heteroatoms. The van der Waals surface area contributed by atoms with Gasteiger partial charge in [-0.25, -0.2) is 0 Å². The predicted octanol–water partition coefficient (Wildman–Crippen LogP) is 2.97. The number of para-hydroxylation sites is 1. The highest BCUT2D eigenvalue weighted by Gasteiger charge is 2.15. The smallest absolute Gasteiger partial charge is 0.0599 e. The van der Waals surface area contributed by atoms with Crippen LogP contribution in [0.5, 0.6) is 0 Å². The third-order valence-electron chi connectivity index (χ3n) is 3.57. The van der Waals surface area contributed by atoms with Gasteiger partial charge in [-0.05, 0) is 24.4 Å². The van der Waals surface area contributed by atoms with Crippen molar-refractivity contribution in [2.24, 2.45) is 18.2 Å². The average Bonchev–Trinajstić information content (AvgIpc) is 2.67. The third-order valence-corrected chi connectivity index (χ3v) is 3.57. The lowest BCUT2D eigenvalue weighted by molar-refractivity contribution is 0.358. The molecule has 0 fully saturated rings. The molecule has 0 aliphatic heterocycles. The van der Waals surface area contributed by atoms with Crippen LogP contribution in [-0.4, -0.2) is 17.7 Å². The maximum atomic E-state index is 5.75. The van der Waals surface area contributed by atoms with E-state index in [0.717, 1.165) is 19.5 Å². The zero-order valence-electron chi connectivity index (χ0n) is 11.5. The van der Waals surface area contributed by atoms with E-state index >= 15 is 0 Å². The number of nitrogens with zero attached hydrogens (tertiary/aromatic N) is 1. The standard InChI is InChI=1S/C15H23N3/c1-15(2,11-16)8-9-17-13-10-18(3)14-7-5-4-6-12(13)14/h4-7,10,17H,8-9,11,16H2,1-3H3. The minimum absolute atomic E-state index is 0.206. The second-order valence-electron chi connectivity index (χ2n) is 5.72. The number of nitrogens with two attached hydrogens (primary N) is 1. The molecule has 1 aromatic carbocycles. The molecule has 0 spiro atoms. The van der Waals surface area contributed by atoms with Crippen LogP contribution in [0, 0.1) is 5.41 Å². The first-order valence-corrected chi connectivity index (χ1v) is 6.51. The molecule has 18 heavy (non-hydrogen) atoms. The summed E-state index contributed by atoms with van der Waals surface area (Å²) in [5.41, 5.74) is 8.43. The lowest BCUT2D eigenvalue weighted by Crippen LogP contribution is -2.26. The molecule has 0 radical (unpaired) electrons. The molecule has 1 aromatic heterocycles. The minimum atomic E-state index is 0.206. The molecule has 3 N–H and O–H groups in total. The summed E-state index contributed by atoms with van der Waals surface area (Å²) in [6.45, 7) is 6.10. The zero-order chi connectivity index (χ0) is 13.2. The first-order valence-electron chi connectivity index (χ1n) is 6.51. The van der Waals surface area contributed by atoms with Gasteiger partial charge in [-0.15, -0.1) is 0 Å². The zero-order valence-corrected chi connectivity index (χ0v) is 11.5. The highest BCUT2D eigenvalue weighted by molar-refractivity contribution is 5.92. The number of benzene rings is 1. The van der Waals surface area contributed by atoms with Crippen molar-refractivity contribution >= 4 is 16.6 Å². The number of aryl methyl sites for hydroxylation is 1. The summed E-state index contributed by atoms with van der Waals surface area (Å²) in [6.07, 6.45) is 3.23. The normalized spacial score (nSPS) is 12.0. The van der Waals surface area contributed by atoms with E-state index in [1.54, 1.807) is 0 Å². The van der Waals surface area contributed by atoms with Gasteiger partial charge in [-0.1, -0.05) is 32.0 Å². The maximum absolute atomic E-state index is 5.75. The SMILES string of the molecule is Cn1cc(NCCC(C)(C)CN)c2ccccc21. The number of hydrogen-bond donors (Lipinski definition) is 2. The second-order valence-corrected chi connectivity index (χ2v) is 5.72. The molecule has 98 valence electrons. The predicted molar refractivity (Wildman–Crippen MR) is 78.9 cm³/mol. The van der Waals surface area contributed by atoms with Crippen LogP contribution in [0.4, 0.5) is 5.69 Å². The number of nitrogens with one attached hydrogen (secondary N) is 1. The van der Waals surface area contributed by atoms with Crippen LogP contribution in [-0.2, 0) is 7.05 Å². The van der Waals surface area contributed by atoms with Crippen molar-refractivity contribution in [1.82, 2.24) is 4.57 Å². The molecule has 0 aliphatic rings. The van der Waals surface area contributed by atoms with Gasteiger partial charge in [0.05, 0.1) is 5.69 Å². The number of aromatic nitrogens is 1. The summed E-state index contributed by atoms with van der Waals surface area (Å²) in [5.74, 6) is 0. The Morgan fingerprint density at radius 3 is 2.72 bits per heavy atom. The van der Waals surface area contributed by atoms with E-state index < -0.39 is 0 Å². The quantitative estimate of drug-likeness (QED) is 0.850. The van der Waals surface area contributed by atoms with Crippen LogP contribution >= 0.6 is 0 Å². The minimum Gasteiger partial charge on any atom is -0.383 e. The highest BCUT2D eigenvalue weighted by atomic mass is 15.0.